The van der Waals surface area contributed by atoms with Crippen LogP contribution in [0.15, 0.2) is 24.3 Å². The Bertz CT molecular complexity index is 455. The van der Waals surface area contributed by atoms with Gasteiger partial charge in [0.05, 0.1) is 32.5 Å². The normalized spacial score (nSPS) is 18.0. The standard InChI is InChI=1S/C17H26N2O3/c1-3-4-5-14-6-8-15(9-7-14)18-17(20)19(2)12-16-13-21-10-11-22-16/h6-9,16H,3-5,10-13H2,1-2H3,(H,18,20). The number of hydrogen-bond donors (Lipinski definition) is 1. The molecule has 1 aromatic carbocycles. The maximum atomic E-state index is 12.2. The minimum absolute atomic E-state index is 0.0408. The van der Waals surface area contributed by atoms with E-state index >= 15 is 0 Å². The van der Waals surface area contributed by atoms with Gasteiger partial charge in [0.15, 0.2) is 0 Å². The van der Waals surface area contributed by atoms with E-state index in [4.69, 9.17) is 9.47 Å². The van der Waals surface area contributed by atoms with Crippen molar-refractivity contribution in [1.82, 2.24) is 4.90 Å². The fraction of sp³-hybridized carbons (Fsp3) is 0.588. The zero-order valence-corrected chi connectivity index (χ0v) is 13.5. The lowest BCUT2D eigenvalue weighted by Gasteiger charge is -2.27. The van der Waals surface area contributed by atoms with Crippen LogP contribution in [-0.4, -0.2) is 50.4 Å². The average Bonchev–Trinajstić information content (AvgIpc) is 2.55. The van der Waals surface area contributed by atoms with E-state index in [9.17, 15) is 4.79 Å². The Hall–Kier alpha value is -1.59. The molecule has 0 bridgehead atoms. The van der Waals surface area contributed by atoms with Crippen LogP contribution in [-0.2, 0) is 15.9 Å². The van der Waals surface area contributed by atoms with Crippen molar-refractivity contribution >= 4 is 11.7 Å². The van der Waals surface area contributed by atoms with Crippen molar-refractivity contribution in [2.45, 2.75) is 32.3 Å². The summed E-state index contributed by atoms with van der Waals surface area (Å²) in [5.41, 5.74) is 2.12. The van der Waals surface area contributed by atoms with E-state index in [0.717, 1.165) is 12.1 Å². The Morgan fingerprint density at radius 2 is 2.09 bits per heavy atom. The second-order valence-electron chi connectivity index (χ2n) is 5.68. The molecule has 1 unspecified atom stereocenters. The molecule has 1 aliphatic rings. The molecule has 2 amide bonds. The highest BCUT2D eigenvalue weighted by Gasteiger charge is 2.19. The Kier molecular flexibility index (Phi) is 6.68. The van der Waals surface area contributed by atoms with Crippen molar-refractivity contribution in [3.8, 4) is 0 Å². The number of carbonyl (C=O) groups excluding carboxylic acids is 1. The van der Waals surface area contributed by atoms with Gasteiger partial charge in [-0.2, -0.15) is 0 Å². The lowest BCUT2D eigenvalue weighted by molar-refractivity contribution is -0.0925. The van der Waals surface area contributed by atoms with Gasteiger partial charge in [0.25, 0.3) is 0 Å². The first-order chi connectivity index (χ1) is 10.7. The first-order valence-electron chi connectivity index (χ1n) is 7.99. The predicted octanol–water partition coefficient (Wildman–Crippen LogP) is 2.91. The fourth-order valence-electron chi connectivity index (χ4n) is 2.38. The van der Waals surface area contributed by atoms with Gasteiger partial charge < -0.3 is 19.7 Å². The number of likely N-dealkylation sites (N-methyl/N-ethyl adjacent to an activating group) is 1. The number of hydrogen-bond acceptors (Lipinski definition) is 3. The summed E-state index contributed by atoms with van der Waals surface area (Å²) < 4.78 is 10.9. The van der Waals surface area contributed by atoms with Crippen molar-refractivity contribution in [3.05, 3.63) is 29.8 Å². The van der Waals surface area contributed by atoms with Crippen LogP contribution in [0.5, 0.6) is 0 Å². The molecular formula is C17H26N2O3. The summed E-state index contributed by atoms with van der Waals surface area (Å²) in [6.45, 7) is 4.49. The van der Waals surface area contributed by atoms with Crippen molar-refractivity contribution in [1.29, 1.82) is 0 Å². The highest BCUT2D eigenvalue weighted by Crippen LogP contribution is 2.12. The predicted molar refractivity (Wildman–Crippen MR) is 87.3 cm³/mol. The Morgan fingerprint density at radius 1 is 1.32 bits per heavy atom. The third kappa shape index (κ3) is 5.31. The van der Waals surface area contributed by atoms with Gasteiger partial charge in [0.1, 0.15) is 0 Å². The van der Waals surface area contributed by atoms with Crippen molar-refractivity contribution < 1.29 is 14.3 Å². The lowest BCUT2D eigenvalue weighted by atomic mass is 10.1. The minimum Gasteiger partial charge on any atom is -0.376 e. The molecule has 1 fully saturated rings. The second kappa shape index (κ2) is 8.76. The van der Waals surface area contributed by atoms with Crippen LogP contribution in [0.3, 0.4) is 0 Å². The van der Waals surface area contributed by atoms with Crippen molar-refractivity contribution in [3.63, 3.8) is 0 Å². The van der Waals surface area contributed by atoms with E-state index in [1.807, 2.05) is 12.1 Å². The highest BCUT2D eigenvalue weighted by molar-refractivity contribution is 5.89. The second-order valence-corrected chi connectivity index (χ2v) is 5.68. The molecule has 1 aromatic rings. The third-order valence-corrected chi connectivity index (χ3v) is 3.73. The first-order valence-corrected chi connectivity index (χ1v) is 7.99. The molecule has 1 heterocycles. The highest BCUT2D eigenvalue weighted by atomic mass is 16.6. The fourth-order valence-corrected chi connectivity index (χ4v) is 2.38. The Labute approximate surface area is 132 Å². The molecule has 1 atom stereocenters. The topological polar surface area (TPSA) is 50.8 Å². The van der Waals surface area contributed by atoms with E-state index in [1.54, 1.807) is 11.9 Å². The van der Waals surface area contributed by atoms with Gasteiger partial charge in [-0.25, -0.2) is 4.79 Å². The number of carbonyl (C=O) groups is 1. The van der Waals surface area contributed by atoms with E-state index in [2.05, 4.69) is 24.4 Å². The molecule has 122 valence electrons. The molecule has 0 saturated carbocycles. The first kappa shape index (κ1) is 16.8. The molecule has 0 radical (unpaired) electrons. The van der Waals surface area contributed by atoms with Gasteiger partial charge in [-0.15, -0.1) is 0 Å². The van der Waals surface area contributed by atoms with E-state index < -0.39 is 0 Å². The number of nitrogens with zero attached hydrogens (tertiary/aromatic N) is 1. The van der Waals surface area contributed by atoms with E-state index in [-0.39, 0.29) is 12.1 Å². The number of aryl methyl sites for hydroxylation is 1. The summed E-state index contributed by atoms with van der Waals surface area (Å²) in [6.07, 6.45) is 3.43. The molecule has 0 aromatic heterocycles. The van der Waals surface area contributed by atoms with Gasteiger partial charge >= 0.3 is 6.03 Å². The summed E-state index contributed by atoms with van der Waals surface area (Å²) in [5, 5.41) is 2.91. The number of urea groups is 1. The van der Waals surface area contributed by atoms with E-state index in [1.165, 1.54) is 18.4 Å². The van der Waals surface area contributed by atoms with E-state index in [0.29, 0.717) is 26.4 Å². The zero-order valence-electron chi connectivity index (χ0n) is 13.5. The maximum absolute atomic E-state index is 12.2. The van der Waals surface area contributed by atoms with Crippen LogP contribution < -0.4 is 5.32 Å². The van der Waals surface area contributed by atoms with Crippen LogP contribution in [0.1, 0.15) is 25.3 Å². The molecule has 0 aliphatic carbocycles. The zero-order chi connectivity index (χ0) is 15.8. The molecule has 22 heavy (non-hydrogen) atoms. The number of benzene rings is 1. The number of amides is 2. The van der Waals surface area contributed by atoms with Crippen LogP contribution in [0.4, 0.5) is 10.5 Å². The molecule has 5 heteroatoms. The number of unbranched alkanes of at least 4 members (excludes halogenated alkanes) is 1. The number of anilines is 1. The van der Waals surface area contributed by atoms with Crippen LogP contribution in [0.2, 0.25) is 0 Å². The smallest absolute Gasteiger partial charge is 0.321 e. The van der Waals surface area contributed by atoms with Gasteiger partial charge in [-0.05, 0) is 30.5 Å². The Morgan fingerprint density at radius 3 is 2.73 bits per heavy atom. The van der Waals surface area contributed by atoms with Gasteiger partial charge in [0.2, 0.25) is 0 Å². The molecule has 5 nitrogen and oxygen atoms in total. The number of ether oxygens (including phenoxy) is 2. The summed E-state index contributed by atoms with van der Waals surface area (Å²) in [7, 11) is 1.77. The number of rotatable bonds is 6. The molecular weight excluding hydrogens is 280 g/mol. The van der Waals surface area contributed by atoms with Crippen molar-refractivity contribution in [2.75, 3.05) is 38.7 Å². The number of nitrogens with one attached hydrogen (secondary N) is 1. The summed E-state index contributed by atoms with van der Waals surface area (Å²) in [5.74, 6) is 0. The maximum Gasteiger partial charge on any atom is 0.321 e. The summed E-state index contributed by atoms with van der Waals surface area (Å²) in [6, 6.07) is 7.93. The molecule has 0 spiro atoms. The Balaban J connectivity index is 1.79. The summed E-state index contributed by atoms with van der Waals surface area (Å²) in [4.78, 5) is 13.8. The van der Waals surface area contributed by atoms with Gasteiger partial charge in [0, 0.05) is 12.7 Å². The van der Waals surface area contributed by atoms with Crippen LogP contribution >= 0.6 is 0 Å². The monoisotopic (exact) mass is 306 g/mol. The molecule has 1 N–H and O–H groups in total. The summed E-state index contributed by atoms with van der Waals surface area (Å²) >= 11 is 0. The molecule has 1 aliphatic heterocycles. The lowest BCUT2D eigenvalue weighted by Crippen LogP contribution is -2.42. The quantitative estimate of drug-likeness (QED) is 0.879. The van der Waals surface area contributed by atoms with Gasteiger partial charge in [-0.1, -0.05) is 25.5 Å². The van der Waals surface area contributed by atoms with Crippen molar-refractivity contribution in [2.24, 2.45) is 0 Å². The van der Waals surface area contributed by atoms with Crippen LogP contribution in [0, 0.1) is 0 Å². The molecule has 2 rings (SSSR count). The third-order valence-electron chi connectivity index (χ3n) is 3.73. The SMILES string of the molecule is CCCCc1ccc(NC(=O)N(C)CC2COCCO2)cc1. The van der Waals surface area contributed by atoms with Crippen LogP contribution in [0.25, 0.3) is 0 Å². The average molecular weight is 306 g/mol. The minimum atomic E-state index is -0.129. The molecule has 1 saturated heterocycles. The largest absolute Gasteiger partial charge is 0.376 e. The van der Waals surface area contributed by atoms with Gasteiger partial charge in [-0.3, -0.25) is 0 Å².